The second-order valence-corrected chi connectivity index (χ2v) is 5.48. The number of nitrogens with zero attached hydrogens (tertiary/aromatic N) is 2. The van der Waals surface area contributed by atoms with Crippen molar-refractivity contribution >= 4 is 11.7 Å². The molecule has 0 aromatic heterocycles. The predicted octanol–water partition coefficient (Wildman–Crippen LogP) is 1.99. The Labute approximate surface area is 114 Å². The van der Waals surface area contributed by atoms with Crippen molar-refractivity contribution in [1.82, 2.24) is 10.2 Å². The lowest BCUT2D eigenvalue weighted by Gasteiger charge is -2.36. The fourth-order valence-electron chi connectivity index (χ4n) is 2.56. The van der Waals surface area contributed by atoms with Gasteiger partial charge in [0.15, 0.2) is 0 Å². The Morgan fingerprint density at radius 2 is 1.84 bits per heavy atom. The first-order valence-electron chi connectivity index (χ1n) is 7.10. The number of hydrogen-bond donors (Lipinski definition) is 1. The summed E-state index contributed by atoms with van der Waals surface area (Å²) in [7, 11) is 0. The van der Waals surface area contributed by atoms with E-state index in [-0.39, 0.29) is 6.03 Å². The highest BCUT2D eigenvalue weighted by Gasteiger charge is 2.27. The van der Waals surface area contributed by atoms with Gasteiger partial charge in [0.05, 0.1) is 0 Å². The second kappa shape index (κ2) is 5.11. The molecular formula is C15H21N3O. The molecule has 1 saturated heterocycles. The molecule has 2 fully saturated rings. The molecule has 1 aromatic carbocycles. The molecule has 0 bridgehead atoms. The van der Waals surface area contributed by atoms with Gasteiger partial charge in [-0.1, -0.05) is 18.2 Å². The maximum Gasteiger partial charge on any atom is 0.317 e. The van der Waals surface area contributed by atoms with E-state index < -0.39 is 0 Å². The number of nitrogens with one attached hydrogen (secondary N) is 1. The maximum absolute atomic E-state index is 12.0. The lowest BCUT2D eigenvalue weighted by molar-refractivity contribution is 0.194. The molecular weight excluding hydrogens is 238 g/mol. The van der Waals surface area contributed by atoms with E-state index in [0.717, 1.165) is 39.0 Å². The summed E-state index contributed by atoms with van der Waals surface area (Å²) in [4.78, 5) is 16.3. The van der Waals surface area contributed by atoms with Crippen molar-refractivity contribution in [3.8, 4) is 0 Å². The molecule has 0 radical (unpaired) electrons. The number of rotatable bonds is 2. The maximum atomic E-state index is 12.0. The van der Waals surface area contributed by atoms with Crippen molar-refractivity contribution < 1.29 is 4.79 Å². The van der Waals surface area contributed by atoms with Crippen molar-refractivity contribution in [2.75, 3.05) is 31.1 Å². The molecule has 0 unspecified atom stereocenters. The Bertz CT molecular complexity index is 462. The van der Waals surface area contributed by atoms with Crippen LogP contribution in [0.25, 0.3) is 0 Å². The van der Waals surface area contributed by atoms with Crippen LogP contribution in [0.3, 0.4) is 0 Å². The third-order valence-corrected chi connectivity index (χ3v) is 3.93. The molecule has 3 rings (SSSR count). The smallest absolute Gasteiger partial charge is 0.317 e. The van der Waals surface area contributed by atoms with Crippen molar-refractivity contribution in [1.29, 1.82) is 0 Å². The summed E-state index contributed by atoms with van der Waals surface area (Å²) >= 11 is 0. The lowest BCUT2D eigenvalue weighted by atomic mass is 10.1. The van der Waals surface area contributed by atoms with Gasteiger partial charge in [-0.05, 0) is 31.4 Å². The van der Waals surface area contributed by atoms with E-state index in [4.69, 9.17) is 0 Å². The molecule has 1 aliphatic heterocycles. The van der Waals surface area contributed by atoms with Crippen LogP contribution in [0.1, 0.15) is 18.4 Å². The van der Waals surface area contributed by atoms with Gasteiger partial charge in [-0.2, -0.15) is 0 Å². The number of carbonyl (C=O) groups is 1. The Morgan fingerprint density at radius 3 is 2.47 bits per heavy atom. The summed E-state index contributed by atoms with van der Waals surface area (Å²) in [5.41, 5.74) is 2.60. The van der Waals surface area contributed by atoms with Crippen molar-refractivity contribution in [3.05, 3.63) is 29.8 Å². The van der Waals surface area contributed by atoms with Crippen LogP contribution in [0, 0.1) is 6.92 Å². The fraction of sp³-hybridized carbons (Fsp3) is 0.533. The molecule has 1 heterocycles. The van der Waals surface area contributed by atoms with Crippen LogP contribution in [0.5, 0.6) is 0 Å². The Kier molecular flexibility index (Phi) is 3.32. The number of anilines is 1. The van der Waals surface area contributed by atoms with Crippen molar-refractivity contribution in [2.45, 2.75) is 25.8 Å². The molecule has 102 valence electrons. The zero-order chi connectivity index (χ0) is 13.2. The van der Waals surface area contributed by atoms with Crippen LogP contribution >= 0.6 is 0 Å². The topological polar surface area (TPSA) is 35.6 Å². The predicted molar refractivity (Wildman–Crippen MR) is 76.5 cm³/mol. The highest BCUT2D eigenvalue weighted by atomic mass is 16.2. The Morgan fingerprint density at radius 1 is 1.16 bits per heavy atom. The molecule has 0 atom stereocenters. The van der Waals surface area contributed by atoms with Gasteiger partial charge in [-0.15, -0.1) is 0 Å². The standard InChI is InChI=1S/C15H21N3O/c1-12-4-2-3-5-14(12)17-8-10-18(11-9-17)15(19)16-13-6-7-13/h2-5,13H,6-11H2,1H3,(H,16,19). The number of carbonyl (C=O) groups excluding carboxylic acids is 1. The number of hydrogen-bond acceptors (Lipinski definition) is 2. The minimum atomic E-state index is 0.118. The highest BCUT2D eigenvalue weighted by Crippen LogP contribution is 2.22. The molecule has 4 heteroatoms. The van der Waals surface area contributed by atoms with Gasteiger partial charge >= 0.3 is 6.03 Å². The van der Waals surface area contributed by atoms with Crippen LogP contribution in [0.15, 0.2) is 24.3 Å². The monoisotopic (exact) mass is 259 g/mol. The van der Waals surface area contributed by atoms with Gasteiger partial charge < -0.3 is 15.1 Å². The lowest BCUT2D eigenvalue weighted by Crippen LogP contribution is -2.52. The molecule has 1 N–H and O–H groups in total. The largest absolute Gasteiger partial charge is 0.368 e. The molecule has 2 aliphatic rings. The minimum absolute atomic E-state index is 0.118. The van der Waals surface area contributed by atoms with Crippen LogP contribution in [0.4, 0.5) is 10.5 Å². The Hall–Kier alpha value is -1.71. The first-order valence-corrected chi connectivity index (χ1v) is 7.10. The fourth-order valence-corrected chi connectivity index (χ4v) is 2.56. The zero-order valence-corrected chi connectivity index (χ0v) is 11.4. The van der Waals surface area contributed by atoms with Crippen molar-refractivity contribution in [3.63, 3.8) is 0 Å². The van der Waals surface area contributed by atoms with E-state index in [1.54, 1.807) is 0 Å². The summed E-state index contributed by atoms with van der Waals surface area (Å²) in [5.74, 6) is 0. The first kappa shape index (κ1) is 12.3. The van der Waals surface area contributed by atoms with E-state index in [0.29, 0.717) is 6.04 Å². The molecule has 1 aromatic rings. The van der Waals surface area contributed by atoms with E-state index in [1.807, 2.05) is 4.90 Å². The average Bonchev–Trinajstić information content (AvgIpc) is 3.23. The first-order chi connectivity index (χ1) is 9.24. The van der Waals surface area contributed by atoms with Crippen molar-refractivity contribution in [2.24, 2.45) is 0 Å². The zero-order valence-electron chi connectivity index (χ0n) is 11.4. The minimum Gasteiger partial charge on any atom is -0.368 e. The highest BCUT2D eigenvalue weighted by molar-refractivity contribution is 5.75. The van der Waals surface area contributed by atoms with Gasteiger partial charge in [-0.3, -0.25) is 0 Å². The number of urea groups is 1. The summed E-state index contributed by atoms with van der Waals surface area (Å²) in [6.07, 6.45) is 2.30. The van der Waals surface area contributed by atoms with Crippen LogP contribution in [0.2, 0.25) is 0 Å². The van der Waals surface area contributed by atoms with E-state index in [2.05, 4.69) is 41.4 Å². The van der Waals surface area contributed by atoms with Crippen LogP contribution in [-0.2, 0) is 0 Å². The second-order valence-electron chi connectivity index (χ2n) is 5.48. The number of para-hydroxylation sites is 1. The summed E-state index contributed by atoms with van der Waals surface area (Å²) in [6, 6.07) is 9.01. The number of amides is 2. The third kappa shape index (κ3) is 2.83. The quantitative estimate of drug-likeness (QED) is 0.881. The summed E-state index contributed by atoms with van der Waals surface area (Å²) in [6.45, 7) is 5.60. The average molecular weight is 259 g/mol. The number of aryl methyl sites for hydroxylation is 1. The van der Waals surface area contributed by atoms with E-state index in [9.17, 15) is 4.79 Å². The number of piperazine rings is 1. The molecule has 0 spiro atoms. The normalized spacial score (nSPS) is 19.4. The van der Waals surface area contributed by atoms with Crippen LogP contribution < -0.4 is 10.2 Å². The molecule has 2 amide bonds. The number of benzene rings is 1. The van der Waals surface area contributed by atoms with Gasteiger partial charge in [0.2, 0.25) is 0 Å². The molecule has 1 aliphatic carbocycles. The van der Waals surface area contributed by atoms with E-state index >= 15 is 0 Å². The Balaban J connectivity index is 1.57. The molecule has 19 heavy (non-hydrogen) atoms. The van der Waals surface area contributed by atoms with E-state index in [1.165, 1.54) is 11.3 Å². The van der Waals surface area contributed by atoms with Crippen LogP contribution in [-0.4, -0.2) is 43.2 Å². The van der Waals surface area contributed by atoms with Gasteiger partial charge in [-0.25, -0.2) is 4.79 Å². The summed E-state index contributed by atoms with van der Waals surface area (Å²) in [5, 5.41) is 3.06. The SMILES string of the molecule is Cc1ccccc1N1CCN(C(=O)NC2CC2)CC1. The summed E-state index contributed by atoms with van der Waals surface area (Å²) < 4.78 is 0. The third-order valence-electron chi connectivity index (χ3n) is 3.93. The van der Waals surface area contributed by atoms with Gasteiger partial charge in [0, 0.05) is 37.9 Å². The molecule has 1 saturated carbocycles. The van der Waals surface area contributed by atoms with Gasteiger partial charge in [0.25, 0.3) is 0 Å². The molecule has 4 nitrogen and oxygen atoms in total. The van der Waals surface area contributed by atoms with Gasteiger partial charge in [0.1, 0.15) is 0 Å².